The first-order valence-electron chi connectivity index (χ1n) is 8.22. The Labute approximate surface area is 137 Å². The molecule has 2 heterocycles. The molecule has 6 nitrogen and oxygen atoms in total. The van der Waals surface area contributed by atoms with Crippen molar-refractivity contribution in [2.75, 3.05) is 59.6 Å². The van der Waals surface area contributed by atoms with Crippen molar-refractivity contribution >= 4 is 5.91 Å². The second kappa shape index (κ2) is 7.77. The average Bonchev–Trinajstić information content (AvgIpc) is 2.63. The maximum atomic E-state index is 12.5. The summed E-state index contributed by atoms with van der Waals surface area (Å²) in [5.41, 5.74) is 1.22. The van der Waals surface area contributed by atoms with E-state index < -0.39 is 0 Å². The van der Waals surface area contributed by atoms with E-state index in [2.05, 4.69) is 22.3 Å². The molecular weight excluding hydrogens is 294 g/mol. The number of hydrogen-bond donors (Lipinski definition) is 1. The quantitative estimate of drug-likeness (QED) is 0.876. The maximum absolute atomic E-state index is 12.5. The number of hydrogen-bond acceptors (Lipinski definition) is 5. The van der Waals surface area contributed by atoms with Gasteiger partial charge in [0.05, 0.1) is 26.9 Å². The summed E-state index contributed by atoms with van der Waals surface area (Å²) in [5, 5.41) is 3.43. The first kappa shape index (κ1) is 16.2. The van der Waals surface area contributed by atoms with Crippen LogP contribution >= 0.6 is 0 Å². The van der Waals surface area contributed by atoms with Gasteiger partial charge in [0, 0.05) is 38.8 Å². The zero-order chi connectivity index (χ0) is 16.1. The second-order valence-corrected chi connectivity index (χ2v) is 5.96. The normalized spacial score (nSPS) is 22.8. The van der Waals surface area contributed by atoms with E-state index in [4.69, 9.17) is 9.47 Å². The number of methoxy groups -OCH3 is 1. The van der Waals surface area contributed by atoms with Crippen molar-refractivity contribution in [3.63, 3.8) is 0 Å². The van der Waals surface area contributed by atoms with Gasteiger partial charge in [0.1, 0.15) is 5.75 Å². The van der Waals surface area contributed by atoms with Gasteiger partial charge in [0.15, 0.2) is 0 Å². The molecule has 1 atom stereocenters. The highest BCUT2D eigenvalue weighted by Crippen LogP contribution is 2.24. The van der Waals surface area contributed by atoms with Gasteiger partial charge in [-0.15, -0.1) is 0 Å². The van der Waals surface area contributed by atoms with Crippen LogP contribution in [-0.2, 0) is 9.53 Å². The summed E-state index contributed by atoms with van der Waals surface area (Å²) in [6.45, 7) is 5.84. The Hall–Kier alpha value is -1.63. The minimum absolute atomic E-state index is 0.203. The Balaban J connectivity index is 1.66. The van der Waals surface area contributed by atoms with Gasteiger partial charge >= 0.3 is 0 Å². The van der Waals surface area contributed by atoms with Gasteiger partial charge in [0.2, 0.25) is 5.91 Å². The molecule has 1 unspecified atom stereocenters. The lowest BCUT2D eigenvalue weighted by Crippen LogP contribution is -2.51. The zero-order valence-electron chi connectivity index (χ0n) is 13.7. The molecular formula is C17H25N3O3. The number of nitrogens with zero attached hydrogens (tertiary/aromatic N) is 2. The van der Waals surface area contributed by atoms with Gasteiger partial charge in [-0.2, -0.15) is 0 Å². The molecule has 6 heteroatoms. The summed E-state index contributed by atoms with van der Waals surface area (Å²) in [7, 11) is 1.67. The van der Waals surface area contributed by atoms with Crippen molar-refractivity contribution in [2.45, 2.75) is 6.04 Å². The van der Waals surface area contributed by atoms with Crippen LogP contribution in [0.4, 0.5) is 0 Å². The Morgan fingerprint density at radius 3 is 2.70 bits per heavy atom. The van der Waals surface area contributed by atoms with Crippen LogP contribution in [0.3, 0.4) is 0 Å². The van der Waals surface area contributed by atoms with Crippen LogP contribution in [0.15, 0.2) is 24.3 Å². The predicted molar refractivity (Wildman–Crippen MR) is 87.6 cm³/mol. The van der Waals surface area contributed by atoms with E-state index >= 15 is 0 Å². The summed E-state index contributed by atoms with van der Waals surface area (Å²) >= 11 is 0. The van der Waals surface area contributed by atoms with E-state index in [0.29, 0.717) is 32.8 Å². The largest absolute Gasteiger partial charge is 0.497 e. The number of carbonyl (C=O) groups excluding carboxylic acids is 1. The molecule has 2 aliphatic rings. The first-order chi connectivity index (χ1) is 11.3. The third kappa shape index (κ3) is 4.02. The van der Waals surface area contributed by atoms with E-state index in [1.807, 2.05) is 17.0 Å². The summed E-state index contributed by atoms with van der Waals surface area (Å²) in [6.07, 6.45) is 0. The molecule has 1 N–H and O–H groups in total. The number of nitrogens with one attached hydrogen (secondary N) is 1. The van der Waals surface area contributed by atoms with Crippen LogP contribution in [0.25, 0.3) is 0 Å². The van der Waals surface area contributed by atoms with Gasteiger partial charge in [-0.3, -0.25) is 9.69 Å². The van der Waals surface area contributed by atoms with Crippen LogP contribution in [-0.4, -0.2) is 75.3 Å². The molecule has 23 heavy (non-hydrogen) atoms. The highest BCUT2D eigenvalue weighted by Gasteiger charge is 2.27. The molecule has 0 aromatic heterocycles. The molecule has 1 aromatic carbocycles. The molecule has 3 rings (SSSR count). The van der Waals surface area contributed by atoms with Crippen LogP contribution in [0.2, 0.25) is 0 Å². The summed E-state index contributed by atoms with van der Waals surface area (Å²) in [5.74, 6) is 1.06. The zero-order valence-corrected chi connectivity index (χ0v) is 13.7. The molecule has 1 aromatic rings. The SMILES string of the molecule is COc1ccc(C2CNCCN2CC(=O)N2CCOCC2)cc1. The minimum atomic E-state index is 0.203. The lowest BCUT2D eigenvalue weighted by Gasteiger charge is -2.37. The van der Waals surface area contributed by atoms with Gasteiger partial charge in [0.25, 0.3) is 0 Å². The number of rotatable bonds is 4. The molecule has 0 aliphatic carbocycles. The van der Waals surface area contributed by atoms with Crippen LogP contribution in [0, 0.1) is 0 Å². The molecule has 0 spiro atoms. The number of morpholine rings is 1. The smallest absolute Gasteiger partial charge is 0.236 e. The lowest BCUT2D eigenvalue weighted by atomic mass is 10.0. The molecule has 126 valence electrons. The predicted octanol–water partition coefficient (Wildman–Crippen LogP) is 0.500. The lowest BCUT2D eigenvalue weighted by molar-refractivity contribution is -0.137. The number of carbonyl (C=O) groups is 1. The van der Waals surface area contributed by atoms with E-state index in [1.165, 1.54) is 5.56 Å². The molecule has 2 fully saturated rings. The fraction of sp³-hybridized carbons (Fsp3) is 0.588. The standard InChI is InChI=1S/C17H25N3O3/c1-22-15-4-2-14(3-5-15)16-12-18-6-7-20(16)13-17(21)19-8-10-23-11-9-19/h2-5,16,18H,6-13H2,1H3. The van der Waals surface area contributed by atoms with Crippen LogP contribution in [0.5, 0.6) is 5.75 Å². The van der Waals surface area contributed by atoms with Gasteiger partial charge in [-0.05, 0) is 17.7 Å². The number of amides is 1. The van der Waals surface area contributed by atoms with Crippen molar-refractivity contribution in [1.29, 1.82) is 0 Å². The van der Waals surface area contributed by atoms with Crippen molar-refractivity contribution in [2.24, 2.45) is 0 Å². The van der Waals surface area contributed by atoms with E-state index in [-0.39, 0.29) is 11.9 Å². The maximum Gasteiger partial charge on any atom is 0.236 e. The summed E-state index contributed by atoms with van der Waals surface area (Å²) in [4.78, 5) is 16.7. The van der Waals surface area contributed by atoms with E-state index in [1.54, 1.807) is 7.11 Å². The highest BCUT2D eigenvalue weighted by atomic mass is 16.5. The second-order valence-electron chi connectivity index (χ2n) is 5.96. The average molecular weight is 319 g/mol. The summed E-state index contributed by atoms with van der Waals surface area (Å²) in [6, 6.07) is 8.35. The molecule has 0 saturated carbocycles. The Morgan fingerprint density at radius 2 is 2.00 bits per heavy atom. The van der Waals surface area contributed by atoms with Gasteiger partial charge in [-0.1, -0.05) is 12.1 Å². The third-order valence-corrected chi connectivity index (χ3v) is 4.56. The monoisotopic (exact) mass is 319 g/mol. The molecule has 0 bridgehead atoms. The molecule has 0 radical (unpaired) electrons. The van der Waals surface area contributed by atoms with Crippen molar-refractivity contribution < 1.29 is 14.3 Å². The fourth-order valence-electron chi connectivity index (χ4n) is 3.18. The highest BCUT2D eigenvalue weighted by molar-refractivity contribution is 5.78. The van der Waals surface area contributed by atoms with Crippen LogP contribution < -0.4 is 10.1 Å². The van der Waals surface area contributed by atoms with E-state index in [9.17, 15) is 4.79 Å². The molecule has 2 aliphatic heterocycles. The Morgan fingerprint density at radius 1 is 1.26 bits per heavy atom. The van der Waals surface area contributed by atoms with Gasteiger partial charge < -0.3 is 19.7 Å². The molecule has 1 amide bonds. The van der Waals surface area contributed by atoms with Crippen LogP contribution in [0.1, 0.15) is 11.6 Å². The Kier molecular flexibility index (Phi) is 5.48. The van der Waals surface area contributed by atoms with Crippen molar-refractivity contribution in [3.05, 3.63) is 29.8 Å². The van der Waals surface area contributed by atoms with Crippen molar-refractivity contribution in [3.8, 4) is 5.75 Å². The topological polar surface area (TPSA) is 54.0 Å². The van der Waals surface area contributed by atoms with Crippen molar-refractivity contribution in [1.82, 2.24) is 15.1 Å². The van der Waals surface area contributed by atoms with Gasteiger partial charge in [-0.25, -0.2) is 0 Å². The number of piperazine rings is 1. The first-order valence-corrected chi connectivity index (χ1v) is 8.22. The number of ether oxygens (including phenoxy) is 2. The third-order valence-electron chi connectivity index (χ3n) is 4.56. The Bertz CT molecular complexity index is 514. The summed E-state index contributed by atoms with van der Waals surface area (Å²) < 4.78 is 10.5. The number of benzene rings is 1. The fourth-order valence-corrected chi connectivity index (χ4v) is 3.18. The van der Waals surface area contributed by atoms with E-state index in [0.717, 1.165) is 25.4 Å². The molecule has 2 saturated heterocycles. The minimum Gasteiger partial charge on any atom is -0.497 e.